The molecule has 1 aromatic carbocycles. The summed E-state index contributed by atoms with van der Waals surface area (Å²) in [5, 5.41) is 0. The van der Waals surface area contributed by atoms with Crippen LogP contribution in [0, 0.1) is 11.7 Å². The number of ketones is 1. The van der Waals surface area contributed by atoms with Crippen molar-refractivity contribution in [1.82, 2.24) is 4.90 Å². The maximum Gasteiger partial charge on any atom is 0.232 e. The van der Waals surface area contributed by atoms with Gasteiger partial charge in [-0.25, -0.2) is 4.39 Å². The second-order valence-electron chi connectivity index (χ2n) is 4.98. The number of carbonyl (C=O) groups excluding carboxylic acids is 2. The monoisotopic (exact) mass is 295 g/mol. The first-order valence-corrected chi connectivity index (χ1v) is 8.07. The fourth-order valence-corrected chi connectivity index (χ4v) is 2.91. The number of hydrogen-bond donors (Lipinski definition) is 0. The fourth-order valence-electron chi connectivity index (χ4n) is 2.48. The summed E-state index contributed by atoms with van der Waals surface area (Å²) in [6, 6.07) is 5.63. The molecule has 1 atom stereocenters. The molecule has 1 saturated heterocycles. The molecule has 108 valence electrons. The quantitative estimate of drug-likeness (QED) is 0.801. The smallest absolute Gasteiger partial charge is 0.232 e. The average Bonchev–Trinajstić information content (AvgIpc) is 2.48. The highest BCUT2D eigenvalue weighted by Gasteiger charge is 2.28. The Morgan fingerprint density at radius 1 is 1.35 bits per heavy atom. The second kappa shape index (κ2) is 6.88. The number of amides is 1. The molecule has 1 heterocycles. The lowest BCUT2D eigenvalue weighted by Crippen LogP contribution is -2.43. The largest absolute Gasteiger partial charge is 0.341 e. The molecule has 0 spiro atoms. The lowest BCUT2D eigenvalue weighted by molar-refractivity contribution is -0.129. The number of Topliss-reactive ketones (excluding diaryl/α,β-unsaturated/α-hetero) is 1. The van der Waals surface area contributed by atoms with Crippen molar-refractivity contribution in [3.63, 3.8) is 0 Å². The van der Waals surface area contributed by atoms with Gasteiger partial charge in [-0.3, -0.25) is 9.59 Å². The van der Waals surface area contributed by atoms with E-state index in [-0.39, 0.29) is 23.4 Å². The third-order valence-corrected chi connectivity index (χ3v) is 4.08. The van der Waals surface area contributed by atoms with E-state index in [0.717, 1.165) is 19.4 Å². The van der Waals surface area contributed by atoms with E-state index in [1.807, 2.05) is 6.26 Å². The van der Waals surface area contributed by atoms with Crippen LogP contribution in [0.4, 0.5) is 4.39 Å². The van der Waals surface area contributed by atoms with E-state index in [1.54, 1.807) is 4.90 Å². The van der Waals surface area contributed by atoms with Crippen LogP contribution >= 0.6 is 11.8 Å². The standard InChI is InChI=1S/C15H18FNO2S/c1-20-10-14(18)17-8-2-3-12(9-17)15(19)11-4-6-13(16)7-5-11/h4-7,12H,2-3,8-10H2,1H3/t12-/m1/s1. The molecular weight excluding hydrogens is 277 g/mol. The molecular formula is C15H18FNO2S. The van der Waals surface area contributed by atoms with Crippen molar-refractivity contribution in [2.24, 2.45) is 5.92 Å². The summed E-state index contributed by atoms with van der Waals surface area (Å²) in [6.07, 6.45) is 3.53. The molecule has 2 rings (SSSR count). The number of likely N-dealkylation sites (tertiary alicyclic amines) is 1. The van der Waals surface area contributed by atoms with E-state index in [9.17, 15) is 14.0 Å². The molecule has 0 bridgehead atoms. The van der Waals surface area contributed by atoms with Gasteiger partial charge < -0.3 is 4.90 Å². The molecule has 5 heteroatoms. The summed E-state index contributed by atoms with van der Waals surface area (Å²) in [5.41, 5.74) is 0.524. The number of benzene rings is 1. The van der Waals surface area contributed by atoms with E-state index in [1.165, 1.54) is 36.0 Å². The van der Waals surface area contributed by atoms with Crippen molar-refractivity contribution in [3.8, 4) is 0 Å². The van der Waals surface area contributed by atoms with E-state index < -0.39 is 0 Å². The predicted molar refractivity (Wildman–Crippen MR) is 78.4 cm³/mol. The van der Waals surface area contributed by atoms with Gasteiger partial charge in [0.15, 0.2) is 5.78 Å². The van der Waals surface area contributed by atoms with E-state index >= 15 is 0 Å². The van der Waals surface area contributed by atoms with Gasteiger partial charge in [0.1, 0.15) is 5.82 Å². The van der Waals surface area contributed by atoms with E-state index in [2.05, 4.69) is 0 Å². The van der Waals surface area contributed by atoms with Crippen molar-refractivity contribution >= 4 is 23.5 Å². The van der Waals surface area contributed by atoms with Crippen LogP contribution in [0.2, 0.25) is 0 Å². The normalized spacial score (nSPS) is 18.9. The Morgan fingerprint density at radius 2 is 2.05 bits per heavy atom. The molecule has 1 aromatic rings. The first-order valence-electron chi connectivity index (χ1n) is 6.68. The van der Waals surface area contributed by atoms with E-state index in [4.69, 9.17) is 0 Å². The zero-order chi connectivity index (χ0) is 14.5. The van der Waals surface area contributed by atoms with Gasteiger partial charge in [0.05, 0.1) is 5.75 Å². The minimum absolute atomic E-state index is 0.00616. The topological polar surface area (TPSA) is 37.4 Å². The van der Waals surface area contributed by atoms with Crippen LogP contribution < -0.4 is 0 Å². The predicted octanol–water partition coefficient (Wildman–Crippen LogP) is 2.61. The van der Waals surface area contributed by atoms with Crippen LogP contribution in [0.15, 0.2) is 24.3 Å². The molecule has 0 aromatic heterocycles. The van der Waals surface area contributed by atoms with Crippen molar-refractivity contribution in [1.29, 1.82) is 0 Å². The molecule has 0 aliphatic carbocycles. The Labute approximate surface area is 122 Å². The van der Waals surface area contributed by atoms with Crippen LogP contribution in [0.1, 0.15) is 23.2 Å². The number of rotatable bonds is 4. The minimum Gasteiger partial charge on any atom is -0.341 e. The third kappa shape index (κ3) is 3.60. The van der Waals surface area contributed by atoms with Gasteiger partial charge in [-0.05, 0) is 43.4 Å². The van der Waals surface area contributed by atoms with Crippen molar-refractivity contribution in [3.05, 3.63) is 35.6 Å². The van der Waals surface area contributed by atoms with Gasteiger partial charge in [0, 0.05) is 24.6 Å². The average molecular weight is 295 g/mol. The Bertz CT molecular complexity index is 489. The summed E-state index contributed by atoms with van der Waals surface area (Å²) < 4.78 is 12.9. The third-order valence-electron chi connectivity index (χ3n) is 3.54. The van der Waals surface area contributed by atoms with Crippen molar-refractivity contribution in [2.45, 2.75) is 12.8 Å². The minimum atomic E-state index is -0.345. The first-order chi connectivity index (χ1) is 9.61. The molecule has 3 nitrogen and oxygen atoms in total. The number of piperidine rings is 1. The zero-order valence-corrected chi connectivity index (χ0v) is 12.3. The Morgan fingerprint density at radius 3 is 2.70 bits per heavy atom. The van der Waals surface area contributed by atoms with Crippen LogP contribution in [-0.2, 0) is 4.79 Å². The summed E-state index contributed by atoms with van der Waals surface area (Å²) in [5.74, 6) is 0.0417. The lowest BCUT2D eigenvalue weighted by atomic mass is 9.90. The Hall–Kier alpha value is -1.36. The Kier molecular flexibility index (Phi) is 5.17. The molecule has 1 amide bonds. The molecule has 0 unspecified atom stereocenters. The maximum atomic E-state index is 12.9. The molecule has 20 heavy (non-hydrogen) atoms. The second-order valence-corrected chi connectivity index (χ2v) is 5.85. The number of halogens is 1. The molecule has 1 aliphatic heterocycles. The van der Waals surface area contributed by atoms with E-state index in [0.29, 0.717) is 17.9 Å². The van der Waals surface area contributed by atoms with Gasteiger partial charge in [0.2, 0.25) is 5.91 Å². The summed E-state index contributed by atoms with van der Waals surface area (Å²) in [4.78, 5) is 26.0. The van der Waals surface area contributed by atoms with Crippen LogP contribution in [0.5, 0.6) is 0 Å². The van der Waals surface area contributed by atoms with Crippen LogP contribution in [-0.4, -0.2) is 41.7 Å². The summed E-state index contributed by atoms with van der Waals surface area (Å²) in [7, 11) is 0. The molecule has 0 saturated carbocycles. The van der Waals surface area contributed by atoms with Crippen molar-refractivity contribution in [2.75, 3.05) is 25.1 Å². The van der Waals surface area contributed by atoms with Crippen molar-refractivity contribution < 1.29 is 14.0 Å². The molecule has 0 N–H and O–H groups in total. The molecule has 1 aliphatic rings. The summed E-state index contributed by atoms with van der Waals surface area (Å²) >= 11 is 1.49. The highest BCUT2D eigenvalue weighted by Crippen LogP contribution is 2.21. The number of carbonyl (C=O) groups is 2. The fraction of sp³-hybridized carbons (Fsp3) is 0.467. The van der Waals surface area contributed by atoms with Gasteiger partial charge in [0.25, 0.3) is 0 Å². The first kappa shape index (κ1) is 15.0. The SMILES string of the molecule is CSCC(=O)N1CCC[C@@H](C(=O)c2ccc(F)cc2)C1. The zero-order valence-electron chi connectivity index (χ0n) is 11.5. The maximum absolute atomic E-state index is 12.9. The van der Waals surface area contributed by atoms with Gasteiger partial charge in [-0.1, -0.05) is 0 Å². The molecule has 1 fully saturated rings. The number of thioether (sulfide) groups is 1. The number of hydrogen-bond acceptors (Lipinski definition) is 3. The van der Waals surface area contributed by atoms with Crippen LogP contribution in [0.25, 0.3) is 0 Å². The van der Waals surface area contributed by atoms with Crippen LogP contribution in [0.3, 0.4) is 0 Å². The summed E-state index contributed by atoms with van der Waals surface area (Å²) in [6.45, 7) is 1.21. The number of nitrogens with zero attached hydrogens (tertiary/aromatic N) is 1. The highest BCUT2D eigenvalue weighted by molar-refractivity contribution is 7.99. The highest BCUT2D eigenvalue weighted by atomic mass is 32.2. The van der Waals surface area contributed by atoms with Gasteiger partial charge in [-0.15, -0.1) is 0 Å². The Balaban J connectivity index is 2.03. The molecule has 0 radical (unpaired) electrons. The lowest BCUT2D eigenvalue weighted by Gasteiger charge is -2.32. The van der Waals surface area contributed by atoms with Gasteiger partial charge in [-0.2, -0.15) is 11.8 Å². The van der Waals surface area contributed by atoms with Gasteiger partial charge >= 0.3 is 0 Å².